The van der Waals surface area contributed by atoms with Crippen LogP contribution in [0.4, 0.5) is 5.69 Å². The number of carbonyl (C=O) groups is 3. The topological polar surface area (TPSA) is 96.9 Å². The number of hydrogen-bond acceptors (Lipinski definition) is 5. The Balaban J connectivity index is 1.54. The van der Waals surface area contributed by atoms with Crippen LogP contribution in [0.15, 0.2) is 71.8 Å². The van der Waals surface area contributed by atoms with Gasteiger partial charge in [0, 0.05) is 5.69 Å². The zero-order chi connectivity index (χ0) is 23.1. The van der Waals surface area contributed by atoms with E-state index in [0.29, 0.717) is 22.6 Å². The molecule has 2 amide bonds. The van der Waals surface area contributed by atoms with Crippen LogP contribution in [0.3, 0.4) is 0 Å². The third-order valence-electron chi connectivity index (χ3n) is 4.76. The van der Waals surface area contributed by atoms with Gasteiger partial charge in [-0.2, -0.15) is 5.10 Å². The fourth-order valence-corrected chi connectivity index (χ4v) is 2.98. The van der Waals surface area contributed by atoms with Crippen LogP contribution < -0.4 is 15.5 Å². The summed E-state index contributed by atoms with van der Waals surface area (Å²) in [6.07, 6.45) is 1.39. The molecule has 0 atom stereocenters. The second-order valence-electron chi connectivity index (χ2n) is 7.19. The van der Waals surface area contributed by atoms with Gasteiger partial charge in [-0.15, -0.1) is 0 Å². The number of para-hydroxylation sites is 1. The molecule has 7 heteroatoms. The highest BCUT2D eigenvalue weighted by Crippen LogP contribution is 2.19. The molecule has 0 aliphatic rings. The SMILES string of the molecule is Cc1ccccc1C(=O)Oc1ccc(/C=N/NC(=O)C(=O)Nc2c(C)cccc2C)cc1. The lowest BCUT2D eigenvalue weighted by molar-refractivity contribution is -0.136. The highest BCUT2D eigenvalue weighted by molar-refractivity contribution is 6.39. The van der Waals surface area contributed by atoms with Gasteiger partial charge in [0.2, 0.25) is 0 Å². The molecule has 0 saturated carbocycles. The zero-order valence-corrected chi connectivity index (χ0v) is 18.0. The Hall–Kier alpha value is -4.26. The summed E-state index contributed by atoms with van der Waals surface area (Å²) in [5.74, 6) is -1.75. The summed E-state index contributed by atoms with van der Waals surface area (Å²) < 4.78 is 5.38. The summed E-state index contributed by atoms with van der Waals surface area (Å²) in [6, 6.07) is 19.3. The third kappa shape index (κ3) is 5.66. The van der Waals surface area contributed by atoms with Crippen molar-refractivity contribution in [3.05, 3.63) is 94.5 Å². The highest BCUT2D eigenvalue weighted by Gasteiger charge is 2.15. The van der Waals surface area contributed by atoms with E-state index in [4.69, 9.17) is 4.74 Å². The van der Waals surface area contributed by atoms with E-state index in [9.17, 15) is 14.4 Å². The monoisotopic (exact) mass is 429 g/mol. The number of aryl methyl sites for hydroxylation is 3. The Labute approximate surface area is 186 Å². The highest BCUT2D eigenvalue weighted by atomic mass is 16.5. The number of esters is 1. The van der Waals surface area contributed by atoms with Crippen molar-refractivity contribution in [1.82, 2.24) is 5.43 Å². The number of rotatable bonds is 5. The molecule has 162 valence electrons. The van der Waals surface area contributed by atoms with Crippen molar-refractivity contribution in [2.24, 2.45) is 5.10 Å². The maximum absolute atomic E-state index is 12.3. The third-order valence-corrected chi connectivity index (χ3v) is 4.76. The van der Waals surface area contributed by atoms with Gasteiger partial charge >= 0.3 is 17.8 Å². The first kappa shape index (κ1) is 22.4. The van der Waals surface area contributed by atoms with Crippen molar-refractivity contribution in [2.75, 3.05) is 5.32 Å². The molecule has 3 aromatic rings. The molecule has 7 nitrogen and oxygen atoms in total. The number of hydrogen-bond donors (Lipinski definition) is 2. The number of anilines is 1. The second kappa shape index (κ2) is 10.2. The van der Waals surface area contributed by atoms with Crippen LogP contribution in [0, 0.1) is 20.8 Å². The number of amides is 2. The van der Waals surface area contributed by atoms with Crippen molar-refractivity contribution in [3.63, 3.8) is 0 Å². The number of benzene rings is 3. The molecule has 0 spiro atoms. The van der Waals surface area contributed by atoms with Crippen molar-refractivity contribution in [2.45, 2.75) is 20.8 Å². The quantitative estimate of drug-likeness (QED) is 0.211. The normalized spacial score (nSPS) is 10.6. The van der Waals surface area contributed by atoms with Gasteiger partial charge < -0.3 is 10.1 Å². The van der Waals surface area contributed by atoms with Gasteiger partial charge in [-0.1, -0.05) is 36.4 Å². The molecule has 0 unspecified atom stereocenters. The lowest BCUT2D eigenvalue weighted by Crippen LogP contribution is -2.32. The Bertz CT molecular complexity index is 1160. The van der Waals surface area contributed by atoms with Gasteiger partial charge in [-0.3, -0.25) is 9.59 Å². The minimum atomic E-state index is -0.882. The van der Waals surface area contributed by atoms with E-state index < -0.39 is 17.8 Å². The first-order valence-electron chi connectivity index (χ1n) is 9.93. The lowest BCUT2D eigenvalue weighted by Gasteiger charge is -2.10. The molecule has 32 heavy (non-hydrogen) atoms. The summed E-state index contributed by atoms with van der Waals surface area (Å²) in [7, 11) is 0. The minimum Gasteiger partial charge on any atom is -0.423 e. The van der Waals surface area contributed by atoms with Gasteiger partial charge in [0.05, 0.1) is 11.8 Å². The summed E-state index contributed by atoms with van der Waals surface area (Å²) in [5, 5.41) is 6.40. The van der Waals surface area contributed by atoms with Crippen molar-refractivity contribution in [3.8, 4) is 5.75 Å². The summed E-state index contributed by atoms with van der Waals surface area (Å²) >= 11 is 0. The molecule has 3 rings (SSSR count). The van der Waals surface area contributed by atoms with Gasteiger partial charge in [-0.25, -0.2) is 10.2 Å². The number of carbonyl (C=O) groups excluding carboxylic acids is 3. The van der Waals surface area contributed by atoms with Crippen LogP contribution in [0.5, 0.6) is 5.75 Å². The molecule has 0 radical (unpaired) electrons. The molecule has 0 aliphatic carbocycles. The van der Waals surface area contributed by atoms with Crippen LogP contribution in [-0.2, 0) is 9.59 Å². The minimum absolute atomic E-state index is 0.382. The summed E-state index contributed by atoms with van der Waals surface area (Å²) in [5.41, 5.74) is 6.50. The second-order valence-corrected chi connectivity index (χ2v) is 7.19. The number of hydrazone groups is 1. The molecular formula is C25H23N3O4. The first-order valence-corrected chi connectivity index (χ1v) is 9.93. The number of ether oxygens (including phenoxy) is 1. The average molecular weight is 429 g/mol. The summed E-state index contributed by atoms with van der Waals surface area (Å²) in [4.78, 5) is 36.4. The predicted octanol–water partition coefficient (Wildman–Crippen LogP) is 3.92. The zero-order valence-electron chi connectivity index (χ0n) is 18.0. The molecular weight excluding hydrogens is 406 g/mol. The number of nitrogens with one attached hydrogen (secondary N) is 2. The molecule has 0 aliphatic heterocycles. The smallest absolute Gasteiger partial charge is 0.343 e. The van der Waals surface area contributed by atoms with Crippen LogP contribution in [0.2, 0.25) is 0 Å². The molecule has 0 fully saturated rings. The fraction of sp³-hybridized carbons (Fsp3) is 0.120. The standard InChI is InChI=1S/C25H23N3O4/c1-16-7-4-5-10-21(16)25(31)32-20-13-11-19(12-14-20)15-26-28-24(30)23(29)27-22-17(2)8-6-9-18(22)3/h4-15H,1-3H3,(H,27,29)(H,28,30)/b26-15+. The van der Waals surface area contributed by atoms with Gasteiger partial charge in [0.15, 0.2) is 0 Å². The van der Waals surface area contributed by atoms with E-state index >= 15 is 0 Å². The summed E-state index contributed by atoms with van der Waals surface area (Å²) in [6.45, 7) is 5.54. The van der Waals surface area contributed by atoms with Gasteiger partial charge in [-0.05, 0) is 73.4 Å². The van der Waals surface area contributed by atoms with E-state index in [2.05, 4.69) is 15.8 Å². The first-order chi connectivity index (χ1) is 15.3. The fourth-order valence-electron chi connectivity index (χ4n) is 2.98. The Morgan fingerprint density at radius 3 is 2.06 bits per heavy atom. The Morgan fingerprint density at radius 1 is 0.781 bits per heavy atom. The van der Waals surface area contributed by atoms with E-state index in [0.717, 1.165) is 16.7 Å². The number of nitrogens with zero attached hydrogens (tertiary/aromatic N) is 1. The maximum Gasteiger partial charge on any atom is 0.343 e. The molecule has 0 saturated heterocycles. The van der Waals surface area contributed by atoms with E-state index in [1.54, 1.807) is 36.4 Å². The van der Waals surface area contributed by atoms with Crippen molar-refractivity contribution >= 4 is 29.7 Å². The van der Waals surface area contributed by atoms with Gasteiger partial charge in [0.1, 0.15) is 5.75 Å². The molecule has 0 bridgehead atoms. The van der Waals surface area contributed by atoms with Crippen molar-refractivity contribution < 1.29 is 19.1 Å². The maximum atomic E-state index is 12.3. The van der Waals surface area contributed by atoms with E-state index in [1.807, 2.05) is 51.1 Å². The van der Waals surface area contributed by atoms with Crippen molar-refractivity contribution in [1.29, 1.82) is 0 Å². The largest absolute Gasteiger partial charge is 0.423 e. The van der Waals surface area contributed by atoms with Crippen LogP contribution in [0.25, 0.3) is 0 Å². The Kier molecular flexibility index (Phi) is 7.13. The van der Waals surface area contributed by atoms with Crippen LogP contribution in [-0.4, -0.2) is 24.0 Å². The Morgan fingerprint density at radius 2 is 1.41 bits per heavy atom. The van der Waals surface area contributed by atoms with E-state index in [-0.39, 0.29) is 0 Å². The lowest BCUT2D eigenvalue weighted by atomic mass is 10.1. The molecule has 0 aromatic heterocycles. The molecule has 3 aromatic carbocycles. The molecule has 2 N–H and O–H groups in total. The molecule has 0 heterocycles. The predicted molar refractivity (Wildman–Crippen MR) is 123 cm³/mol. The van der Waals surface area contributed by atoms with E-state index in [1.165, 1.54) is 6.21 Å². The van der Waals surface area contributed by atoms with Crippen LogP contribution >= 0.6 is 0 Å². The van der Waals surface area contributed by atoms with Crippen LogP contribution in [0.1, 0.15) is 32.6 Å². The van der Waals surface area contributed by atoms with Gasteiger partial charge in [0.25, 0.3) is 0 Å². The average Bonchev–Trinajstić information content (AvgIpc) is 2.77.